The maximum absolute atomic E-state index is 10.7. The Balaban J connectivity index is 2.04. The van der Waals surface area contributed by atoms with Gasteiger partial charge >= 0.3 is 0 Å². The summed E-state index contributed by atoms with van der Waals surface area (Å²) in [5, 5.41) is 3.90. The van der Waals surface area contributed by atoms with Crippen molar-refractivity contribution < 1.29 is 9.53 Å². The van der Waals surface area contributed by atoms with Crippen LogP contribution >= 0.6 is 0 Å². The first-order chi connectivity index (χ1) is 5.33. The Labute approximate surface area is 67.1 Å². The molecule has 0 aromatic carbocycles. The number of hydrogen-bond acceptors (Lipinski definition) is 2. The third-order valence-electron chi connectivity index (χ3n) is 1.68. The summed E-state index contributed by atoms with van der Waals surface area (Å²) in [7, 11) is 0. The number of hydrogen-bond donors (Lipinski definition) is 0. The second kappa shape index (κ2) is 4.34. The molecule has 0 bridgehead atoms. The quantitative estimate of drug-likeness (QED) is 0.562. The Morgan fingerprint density at radius 1 is 1.73 bits per heavy atom. The van der Waals surface area contributed by atoms with Crippen molar-refractivity contribution in [3.05, 3.63) is 0 Å². The van der Waals surface area contributed by atoms with Crippen LogP contribution in [-0.2, 0) is 9.53 Å². The van der Waals surface area contributed by atoms with Crippen molar-refractivity contribution in [3.8, 4) is 0 Å². The first-order valence-electron chi connectivity index (χ1n) is 4.14. The van der Waals surface area contributed by atoms with Crippen molar-refractivity contribution in [2.45, 2.75) is 32.2 Å². The van der Waals surface area contributed by atoms with Gasteiger partial charge in [0.1, 0.15) is 0 Å². The van der Waals surface area contributed by atoms with E-state index >= 15 is 0 Å². The van der Waals surface area contributed by atoms with Crippen LogP contribution in [0.4, 0.5) is 0 Å². The smallest absolute Gasteiger partial charge is 0.241 e. The molecule has 1 amide bonds. The lowest BCUT2D eigenvalue weighted by Crippen LogP contribution is -2.23. The van der Waals surface area contributed by atoms with Crippen molar-refractivity contribution >= 4 is 5.91 Å². The zero-order chi connectivity index (χ0) is 8.10. The van der Waals surface area contributed by atoms with Gasteiger partial charge in [-0.2, -0.15) is 0 Å². The van der Waals surface area contributed by atoms with Gasteiger partial charge in [-0.15, -0.1) is 0 Å². The highest BCUT2D eigenvalue weighted by molar-refractivity contribution is 5.78. The third kappa shape index (κ3) is 2.89. The Hall–Kier alpha value is -0.570. The van der Waals surface area contributed by atoms with E-state index in [1.165, 1.54) is 0 Å². The largest absolute Gasteiger partial charge is 0.379 e. The van der Waals surface area contributed by atoms with E-state index in [1.807, 2.05) is 0 Å². The molecule has 0 N–H and O–H groups in total. The normalized spacial score (nSPS) is 23.7. The molecule has 1 aliphatic rings. The number of carbonyl (C=O) groups excluding carboxylic acids is 1. The highest BCUT2D eigenvalue weighted by Crippen LogP contribution is 2.08. The molecule has 63 valence electrons. The van der Waals surface area contributed by atoms with E-state index < -0.39 is 0 Å². The summed E-state index contributed by atoms with van der Waals surface area (Å²) >= 11 is 0. The zero-order valence-electron chi connectivity index (χ0n) is 6.88. The van der Waals surface area contributed by atoms with Crippen LogP contribution in [0.5, 0.6) is 0 Å². The van der Waals surface area contributed by atoms with E-state index in [0.29, 0.717) is 13.0 Å². The van der Waals surface area contributed by atoms with Crippen LogP contribution in [0.2, 0.25) is 0 Å². The molecule has 1 atom stereocenters. The summed E-state index contributed by atoms with van der Waals surface area (Å²) in [4.78, 5) is 10.7. The lowest BCUT2D eigenvalue weighted by atomic mass is 10.2. The summed E-state index contributed by atoms with van der Waals surface area (Å²) < 4.78 is 5.27. The molecule has 3 heteroatoms. The first-order valence-corrected chi connectivity index (χ1v) is 4.14. The molecule has 1 rings (SSSR count). The minimum atomic E-state index is 0.0371. The predicted molar refractivity (Wildman–Crippen MR) is 41.3 cm³/mol. The standard InChI is InChI=1S/C8H14NO2/c1-2-5-11-6-7-3-4-8(10)9-7/h7H,2-6H2,1H3. The molecule has 3 nitrogen and oxygen atoms in total. The van der Waals surface area contributed by atoms with Crippen molar-refractivity contribution in [3.63, 3.8) is 0 Å². The second-order valence-corrected chi connectivity index (χ2v) is 2.79. The molecule has 1 fully saturated rings. The van der Waals surface area contributed by atoms with Crippen molar-refractivity contribution in [2.24, 2.45) is 0 Å². The summed E-state index contributed by atoms with van der Waals surface area (Å²) in [5.41, 5.74) is 0. The molecule has 1 aliphatic heterocycles. The molecular weight excluding hydrogens is 142 g/mol. The first kappa shape index (κ1) is 8.53. The Kier molecular flexibility index (Phi) is 3.36. The lowest BCUT2D eigenvalue weighted by Gasteiger charge is -2.06. The van der Waals surface area contributed by atoms with Gasteiger partial charge in [0.15, 0.2) is 0 Å². The molecular formula is C8H14NO2. The average molecular weight is 156 g/mol. The van der Waals surface area contributed by atoms with Crippen molar-refractivity contribution in [1.82, 2.24) is 5.32 Å². The molecule has 1 unspecified atom stereocenters. The van der Waals surface area contributed by atoms with Gasteiger partial charge in [0.05, 0.1) is 12.6 Å². The lowest BCUT2D eigenvalue weighted by molar-refractivity contribution is -0.119. The van der Waals surface area contributed by atoms with E-state index in [2.05, 4.69) is 12.2 Å². The van der Waals surface area contributed by atoms with E-state index in [9.17, 15) is 4.79 Å². The average Bonchev–Trinajstić information content (AvgIpc) is 2.37. The summed E-state index contributed by atoms with van der Waals surface area (Å²) in [6.45, 7) is 3.47. The third-order valence-corrected chi connectivity index (χ3v) is 1.68. The topological polar surface area (TPSA) is 40.4 Å². The Morgan fingerprint density at radius 2 is 2.55 bits per heavy atom. The fraction of sp³-hybridized carbons (Fsp3) is 0.875. The SMILES string of the molecule is CCCOCC1CCC(=O)[N]1. The molecule has 11 heavy (non-hydrogen) atoms. The molecule has 0 saturated carbocycles. The Morgan fingerprint density at radius 3 is 3.09 bits per heavy atom. The van der Waals surface area contributed by atoms with Crippen LogP contribution in [-0.4, -0.2) is 25.2 Å². The monoisotopic (exact) mass is 156 g/mol. The summed E-state index contributed by atoms with van der Waals surface area (Å²) in [6, 6.07) is 0.147. The van der Waals surface area contributed by atoms with Crippen LogP contribution in [0, 0.1) is 0 Å². The van der Waals surface area contributed by atoms with Crippen LogP contribution in [0.3, 0.4) is 0 Å². The summed E-state index contributed by atoms with van der Waals surface area (Å²) in [5.74, 6) is 0.0371. The van der Waals surface area contributed by atoms with Crippen molar-refractivity contribution in [1.29, 1.82) is 0 Å². The second-order valence-electron chi connectivity index (χ2n) is 2.79. The van der Waals surface area contributed by atoms with Gasteiger partial charge in [0.2, 0.25) is 5.91 Å². The van der Waals surface area contributed by atoms with E-state index in [0.717, 1.165) is 19.4 Å². The van der Waals surface area contributed by atoms with Crippen LogP contribution in [0.1, 0.15) is 26.2 Å². The number of amides is 1. The number of nitrogens with zero attached hydrogens (tertiary/aromatic N) is 1. The number of ether oxygens (including phenoxy) is 1. The minimum absolute atomic E-state index is 0.0371. The minimum Gasteiger partial charge on any atom is -0.379 e. The Bertz CT molecular complexity index is 136. The molecule has 1 saturated heterocycles. The van der Waals surface area contributed by atoms with Gasteiger partial charge in [-0.25, -0.2) is 5.32 Å². The van der Waals surface area contributed by atoms with Crippen molar-refractivity contribution in [2.75, 3.05) is 13.2 Å². The highest BCUT2D eigenvalue weighted by Gasteiger charge is 2.22. The van der Waals surface area contributed by atoms with E-state index in [1.54, 1.807) is 0 Å². The summed E-state index contributed by atoms with van der Waals surface area (Å²) in [6.07, 6.45) is 2.52. The van der Waals surface area contributed by atoms with E-state index in [-0.39, 0.29) is 11.9 Å². The molecule has 0 aliphatic carbocycles. The van der Waals surface area contributed by atoms with Crippen LogP contribution in [0.15, 0.2) is 0 Å². The van der Waals surface area contributed by atoms with Gasteiger partial charge in [0.25, 0.3) is 0 Å². The predicted octanol–water partition coefficient (Wildman–Crippen LogP) is 0.706. The van der Waals surface area contributed by atoms with Crippen LogP contribution < -0.4 is 5.32 Å². The zero-order valence-corrected chi connectivity index (χ0v) is 6.88. The molecule has 0 aromatic rings. The number of carbonyl (C=O) groups is 1. The maximum atomic E-state index is 10.7. The molecule has 0 spiro atoms. The number of rotatable bonds is 4. The molecule has 0 aromatic heterocycles. The fourth-order valence-electron chi connectivity index (χ4n) is 1.11. The van der Waals surface area contributed by atoms with E-state index in [4.69, 9.17) is 4.74 Å². The molecule has 1 radical (unpaired) electrons. The van der Waals surface area contributed by atoms with Gasteiger partial charge in [-0.3, -0.25) is 4.79 Å². The van der Waals surface area contributed by atoms with Gasteiger partial charge in [-0.1, -0.05) is 6.92 Å². The fourth-order valence-corrected chi connectivity index (χ4v) is 1.11. The maximum Gasteiger partial charge on any atom is 0.241 e. The van der Waals surface area contributed by atoms with Gasteiger partial charge in [0, 0.05) is 13.0 Å². The van der Waals surface area contributed by atoms with Gasteiger partial charge < -0.3 is 4.74 Å². The van der Waals surface area contributed by atoms with Gasteiger partial charge in [-0.05, 0) is 12.8 Å². The highest BCUT2D eigenvalue weighted by atomic mass is 16.5. The molecule has 1 heterocycles. The van der Waals surface area contributed by atoms with Crippen LogP contribution in [0.25, 0.3) is 0 Å².